The van der Waals surface area contributed by atoms with Gasteiger partial charge in [-0.05, 0) is 74.1 Å². The lowest BCUT2D eigenvalue weighted by Crippen LogP contribution is -2.03. The Labute approximate surface area is 294 Å². The van der Waals surface area contributed by atoms with Crippen LogP contribution in [0.2, 0.25) is 0 Å². The molecule has 0 fully saturated rings. The maximum atomic E-state index is 10.8. The van der Waals surface area contributed by atoms with E-state index in [1.54, 1.807) is 6.07 Å². The highest BCUT2D eigenvalue weighted by Gasteiger charge is 2.25. The third-order valence-corrected chi connectivity index (χ3v) is 9.88. The van der Waals surface area contributed by atoms with Gasteiger partial charge < -0.3 is 4.57 Å². The zero-order valence-electron chi connectivity index (χ0n) is 27.3. The first-order valence-electron chi connectivity index (χ1n) is 16.7. The Kier molecular flexibility index (Phi) is 6.93. The number of benzene rings is 8. The Morgan fingerprint density at radius 1 is 0.373 bits per heavy atom. The van der Waals surface area contributed by atoms with Gasteiger partial charge in [0.15, 0.2) is 0 Å². The summed E-state index contributed by atoms with van der Waals surface area (Å²) in [4.78, 5) is 0. The predicted octanol–water partition coefficient (Wildman–Crippen LogP) is 11.7. The molecular formula is C47H26N4. The number of hydrogen-bond acceptors (Lipinski definition) is 3. The average Bonchev–Trinajstić information content (AvgIpc) is 3.53. The molecule has 9 aromatic rings. The van der Waals surface area contributed by atoms with Crippen LogP contribution in [0.15, 0.2) is 158 Å². The Balaban J connectivity index is 1.48. The first kappa shape index (κ1) is 29.7. The van der Waals surface area contributed by atoms with Gasteiger partial charge >= 0.3 is 0 Å². The van der Waals surface area contributed by atoms with Crippen LogP contribution in [0.1, 0.15) is 16.7 Å². The smallest absolute Gasteiger partial charge is 0.101 e. The second-order valence-corrected chi connectivity index (χ2v) is 12.6. The van der Waals surface area contributed by atoms with Crippen LogP contribution in [0, 0.1) is 34.0 Å². The van der Waals surface area contributed by atoms with Gasteiger partial charge in [-0.2, -0.15) is 15.8 Å². The summed E-state index contributed by atoms with van der Waals surface area (Å²) in [5, 5.41) is 38.1. The Bertz CT molecular complexity index is 2890. The van der Waals surface area contributed by atoms with E-state index in [2.05, 4.69) is 108 Å². The average molecular weight is 647 g/mol. The van der Waals surface area contributed by atoms with Gasteiger partial charge in [0.1, 0.15) is 6.07 Å². The molecule has 0 unspecified atom stereocenters. The molecule has 0 amide bonds. The molecular weight excluding hydrogens is 621 g/mol. The van der Waals surface area contributed by atoms with Crippen molar-refractivity contribution in [2.75, 3.05) is 0 Å². The van der Waals surface area contributed by atoms with E-state index in [4.69, 9.17) is 0 Å². The summed E-state index contributed by atoms with van der Waals surface area (Å²) in [6, 6.07) is 60.1. The van der Waals surface area contributed by atoms with E-state index >= 15 is 0 Å². The number of para-hydroxylation sites is 2. The molecule has 234 valence electrons. The maximum Gasteiger partial charge on any atom is 0.101 e. The second-order valence-electron chi connectivity index (χ2n) is 12.6. The van der Waals surface area contributed by atoms with Gasteiger partial charge in [0, 0.05) is 21.9 Å². The van der Waals surface area contributed by atoms with Gasteiger partial charge in [0.25, 0.3) is 0 Å². The van der Waals surface area contributed by atoms with Crippen molar-refractivity contribution < 1.29 is 0 Å². The summed E-state index contributed by atoms with van der Waals surface area (Å²) < 4.78 is 2.14. The molecule has 9 rings (SSSR count). The van der Waals surface area contributed by atoms with Crippen molar-refractivity contribution in [3.63, 3.8) is 0 Å². The first-order valence-corrected chi connectivity index (χ1v) is 16.7. The lowest BCUT2D eigenvalue weighted by atomic mass is 9.81. The fraction of sp³-hybridized carbons (Fsp3) is 0. The molecule has 0 saturated heterocycles. The zero-order chi connectivity index (χ0) is 34.5. The van der Waals surface area contributed by atoms with E-state index < -0.39 is 0 Å². The minimum Gasteiger partial charge on any atom is -0.307 e. The van der Waals surface area contributed by atoms with Crippen molar-refractivity contribution in [2.24, 2.45) is 0 Å². The normalized spacial score (nSPS) is 11.1. The van der Waals surface area contributed by atoms with E-state index in [9.17, 15) is 15.8 Å². The van der Waals surface area contributed by atoms with Crippen LogP contribution >= 0.6 is 0 Å². The first-order chi connectivity index (χ1) is 25.2. The fourth-order valence-corrected chi connectivity index (χ4v) is 7.85. The molecule has 0 saturated carbocycles. The third kappa shape index (κ3) is 4.51. The van der Waals surface area contributed by atoms with Crippen LogP contribution in [-0.4, -0.2) is 4.57 Å². The van der Waals surface area contributed by atoms with Gasteiger partial charge in [-0.15, -0.1) is 0 Å². The molecule has 51 heavy (non-hydrogen) atoms. The quantitative estimate of drug-likeness (QED) is 0.179. The Morgan fingerprint density at radius 3 is 1.43 bits per heavy atom. The van der Waals surface area contributed by atoms with Crippen molar-refractivity contribution in [3.8, 4) is 57.3 Å². The number of nitrogens with zero attached hydrogens (tertiary/aromatic N) is 4. The molecule has 0 aliphatic heterocycles. The predicted molar refractivity (Wildman–Crippen MR) is 206 cm³/mol. The number of aromatic nitrogens is 1. The molecule has 0 aliphatic carbocycles. The van der Waals surface area contributed by atoms with Gasteiger partial charge in [0.05, 0.1) is 45.5 Å². The van der Waals surface area contributed by atoms with E-state index in [-0.39, 0.29) is 0 Å². The lowest BCUT2D eigenvalue weighted by Gasteiger charge is -2.22. The van der Waals surface area contributed by atoms with Crippen molar-refractivity contribution in [1.29, 1.82) is 15.8 Å². The lowest BCUT2D eigenvalue weighted by molar-refractivity contribution is 1.17. The van der Waals surface area contributed by atoms with Crippen molar-refractivity contribution in [2.45, 2.75) is 0 Å². The maximum absolute atomic E-state index is 10.8. The minimum atomic E-state index is 0.369. The van der Waals surface area contributed by atoms with Crippen LogP contribution in [0.25, 0.3) is 82.4 Å². The molecule has 1 heterocycles. The molecule has 4 heteroatoms. The Morgan fingerprint density at radius 2 is 0.882 bits per heavy atom. The molecule has 0 spiro atoms. The largest absolute Gasteiger partial charge is 0.307 e. The van der Waals surface area contributed by atoms with Crippen LogP contribution < -0.4 is 0 Å². The van der Waals surface area contributed by atoms with Gasteiger partial charge in [-0.1, -0.05) is 127 Å². The molecule has 1 aromatic heterocycles. The summed E-state index contributed by atoms with van der Waals surface area (Å²) in [6.07, 6.45) is 0. The summed E-state index contributed by atoms with van der Waals surface area (Å²) in [6.45, 7) is 0. The van der Waals surface area contributed by atoms with Gasteiger partial charge in [-0.3, -0.25) is 0 Å². The van der Waals surface area contributed by atoms with Crippen molar-refractivity contribution in [3.05, 3.63) is 174 Å². The second kappa shape index (κ2) is 11.9. The van der Waals surface area contributed by atoms with E-state index in [0.29, 0.717) is 27.9 Å². The fourth-order valence-electron chi connectivity index (χ4n) is 7.85. The SMILES string of the molecule is N#Cc1cc(C#N)c(-n2c3ccccc3c3ccccc32)c(-c2cccc(C#N)c2-c2c3ccccc3c(-c3ccccc3)c3ccccc23)c1. The molecule has 0 bridgehead atoms. The summed E-state index contributed by atoms with van der Waals surface area (Å²) in [7, 11) is 0. The molecule has 4 nitrogen and oxygen atoms in total. The third-order valence-electron chi connectivity index (χ3n) is 9.88. The number of fused-ring (bicyclic) bond motifs is 5. The van der Waals surface area contributed by atoms with Crippen molar-refractivity contribution in [1.82, 2.24) is 4.57 Å². The standard InChI is InChI=1S/C47H26N4/c48-27-30-25-33(29-50)47(51-42-23-10-8-16-34(42)35-17-9-11-24-43(35)51)41(26-30)40-22-12-15-32(28-49)45(40)46-38-20-6-4-18-36(38)44(31-13-2-1-3-14-31)37-19-5-7-21-39(37)46/h1-26H. The van der Waals surface area contributed by atoms with Crippen LogP contribution in [0.3, 0.4) is 0 Å². The highest BCUT2D eigenvalue weighted by molar-refractivity contribution is 6.23. The van der Waals surface area contributed by atoms with E-state index in [0.717, 1.165) is 71.2 Å². The van der Waals surface area contributed by atoms with Gasteiger partial charge in [-0.25, -0.2) is 0 Å². The number of nitriles is 3. The van der Waals surface area contributed by atoms with Gasteiger partial charge in [0.2, 0.25) is 0 Å². The zero-order valence-corrected chi connectivity index (χ0v) is 27.3. The molecule has 0 aliphatic rings. The summed E-state index contributed by atoms with van der Waals surface area (Å²) >= 11 is 0. The van der Waals surface area contributed by atoms with Crippen molar-refractivity contribution >= 4 is 43.4 Å². The van der Waals surface area contributed by atoms with E-state index in [1.807, 2.05) is 66.7 Å². The number of hydrogen-bond donors (Lipinski definition) is 0. The van der Waals surface area contributed by atoms with Crippen LogP contribution in [0.4, 0.5) is 0 Å². The monoisotopic (exact) mass is 646 g/mol. The highest BCUT2D eigenvalue weighted by atomic mass is 15.0. The van der Waals surface area contributed by atoms with Crippen LogP contribution in [-0.2, 0) is 0 Å². The van der Waals surface area contributed by atoms with Crippen LogP contribution in [0.5, 0.6) is 0 Å². The van der Waals surface area contributed by atoms with E-state index in [1.165, 1.54) is 0 Å². The summed E-state index contributed by atoms with van der Waals surface area (Å²) in [5.41, 5.74) is 9.20. The molecule has 8 aromatic carbocycles. The minimum absolute atomic E-state index is 0.369. The highest BCUT2D eigenvalue weighted by Crippen LogP contribution is 2.49. The molecule has 0 atom stereocenters. The Hall–Kier alpha value is -7.45. The molecule has 0 radical (unpaired) electrons. The number of rotatable bonds is 4. The molecule has 0 N–H and O–H groups in total. The summed E-state index contributed by atoms with van der Waals surface area (Å²) in [5.74, 6) is 0. The topological polar surface area (TPSA) is 76.3 Å².